The third-order valence-corrected chi connectivity index (χ3v) is 2.28. The molecule has 1 aliphatic rings. The Labute approximate surface area is 116 Å². The van der Waals surface area contributed by atoms with E-state index in [1.165, 1.54) is 0 Å². The zero-order valence-electron chi connectivity index (χ0n) is 9.53. The monoisotopic (exact) mass is 291 g/mol. The first kappa shape index (κ1) is 15.5. The molecule has 0 aromatic carbocycles. The van der Waals surface area contributed by atoms with Gasteiger partial charge in [0.1, 0.15) is 0 Å². The van der Waals surface area contributed by atoms with Crippen molar-refractivity contribution in [1.82, 2.24) is 0 Å². The quantitative estimate of drug-likeness (QED) is 0.861. The third kappa shape index (κ3) is 5.39. The fourth-order valence-electron chi connectivity index (χ4n) is 1.79. The molecule has 0 bridgehead atoms. The molecule has 1 heterocycles. The van der Waals surface area contributed by atoms with Gasteiger partial charge in [-0.1, -0.05) is 6.92 Å². The Balaban J connectivity index is 0.00000196. The molecule has 1 rings (SSSR count). The van der Waals surface area contributed by atoms with Crippen molar-refractivity contribution in [3.8, 4) is 0 Å². The Morgan fingerprint density at radius 2 is 1.93 bits per heavy atom. The molecule has 1 N–H and O–H groups in total. The van der Waals surface area contributed by atoms with E-state index in [-0.39, 0.29) is 51.3 Å². The molecule has 1 fully saturated rings. The first-order valence-corrected chi connectivity index (χ1v) is 5.00. The van der Waals surface area contributed by atoms with Crippen LogP contribution in [0, 0.1) is 0 Å². The van der Waals surface area contributed by atoms with Gasteiger partial charge in [0.2, 0.25) is 0 Å². The van der Waals surface area contributed by atoms with Crippen LogP contribution in [0.15, 0.2) is 0 Å². The molecule has 0 amide bonds. The van der Waals surface area contributed by atoms with E-state index in [9.17, 15) is 4.79 Å². The largest absolute Gasteiger partial charge is 0.481 e. The van der Waals surface area contributed by atoms with Gasteiger partial charge in [0.15, 0.2) is 5.79 Å². The van der Waals surface area contributed by atoms with E-state index in [1.54, 1.807) is 0 Å². The Morgan fingerprint density at radius 1 is 1.40 bits per heavy atom. The fraction of sp³-hybridized carbons (Fsp3) is 0.900. The second kappa shape index (κ2) is 6.28. The molecule has 15 heavy (non-hydrogen) atoms. The zero-order chi connectivity index (χ0) is 10.8. The maximum absolute atomic E-state index is 10.6. The van der Waals surface area contributed by atoms with E-state index in [0.29, 0.717) is 6.42 Å². The summed E-state index contributed by atoms with van der Waals surface area (Å²) in [6.07, 6.45) is 1.52. The van der Waals surface area contributed by atoms with E-state index < -0.39 is 11.8 Å². The number of carbonyl (C=O) groups is 1. The number of aliphatic carboxylic acids is 1. The summed E-state index contributed by atoms with van der Waals surface area (Å²) >= 11 is 0. The van der Waals surface area contributed by atoms with Crippen molar-refractivity contribution >= 4 is 5.97 Å². The predicted molar refractivity (Wildman–Crippen MR) is 51.0 cm³/mol. The minimum Gasteiger partial charge on any atom is -0.481 e. The van der Waals surface area contributed by atoms with Crippen LogP contribution in [0.5, 0.6) is 0 Å². The molecular formula is C10H18O4Y. The molecule has 0 aromatic rings. The molecule has 0 spiro atoms. The topological polar surface area (TPSA) is 55.8 Å². The van der Waals surface area contributed by atoms with Crippen molar-refractivity contribution in [2.45, 2.75) is 58.0 Å². The van der Waals surface area contributed by atoms with Crippen LogP contribution in [0.1, 0.15) is 40.0 Å². The molecule has 5 heteroatoms. The number of carboxylic acid groups (broad SMARTS) is 1. The minimum absolute atomic E-state index is 0. The third-order valence-electron chi connectivity index (χ3n) is 2.28. The Bertz CT molecular complexity index is 217. The summed E-state index contributed by atoms with van der Waals surface area (Å²) < 4.78 is 11.1. The van der Waals surface area contributed by atoms with Gasteiger partial charge in [-0.2, -0.15) is 0 Å². The maximum atomic E-state index is 10.6. The molecule has 85 valence electrons. The Hall–Kier alpha value is 0.494. The minimum atomic E-state index is -0.817. The molecule has 1 aliphatic heterocycles. The summed E-state index contributed by atoms with van der Waals surface area (Å²) in [7, 11) is 0. The van der Waals surface area contributed by atoms with Gasteiger partial charge in [-0.3, -0.25) is 4.79 Å². The van der Waals surface area contributed by atoms with Crippen LogP contribution in [-0.2, 0) is 47.0 Å². The number of carboxylic acids is 1. The van der Waals surface area contributed by atoms with E-state index in [1.807, 2.05) is 20.8 Å². The van der Waals surface area contributed by atoms with Gasteiger partial charge in [-0.25, -0.2) is 0 Å². The molecule has 1 radical (unpaired) electrons. The van der Waals surface area contributed by atoms with Crippen LogP contribution in [0.2, 0.25) is 0 Å². The second-order valence-corrected chi connectivity index (χ2v) is 4.12. The van der Waals surface area contributed by atoms with E-state index in [4.69, 9.17) is 14.6 Å². The summed E-state index contributed by atoms with van der Waals surface area (Å²) in [6.45, 7) is 5.68. The summed E-state index contributed by atoms with van der Waals surface area (Å²) in [5.74, 6) is -1.47. The number of hydrogen-bond acceptors (Lipinski definition) is 3. The van der Waals surface area contributed by atoms with Crippen LogP contribution in [0.4, 0.5) is 0 Å². The van der Waals surface area contributed by atoms with Gasteiger partial charge in [-0.05, 0) is 20.3 Å². The molecular weight excluding hydrogens is 273 g/mol. The van der Waals surface area contributed by atoms with Crippen LogP contribution in [-0.4, -0.2) is 29.1 Å². The number of ether oxygens (including phenoxy) is 2. The van der Waals surface area contributed by atoms with Gasteiger partial charge in [-0.15, -0.1) is 0 Å². The van der Waals surface area contributed by atoms with Gasteiger partial charge in [0, 0.05) is 39.1 Å². The fourth-order valence-corrected chi connectivity index (χ4v) is 1.79. The van der Waals surface area contributed by atoms with Gasteiger partial charge >= 0.3 is 5.97 Å². The van der Waals surface area contributed by atoms with Crippen molar-refractivity contribution in [2.24, 2.45) is 0 Å². The number of rotatable bonds is 3. The van der Waals surface area contributed by atoms with Crippen molar-refractivity contribution in [3.05, 3.63) is 0 Å². The first-order valence-electron chi connectivity index (χ1n) is 5.00. The first-order chi connectivity index (χ1) is 6.43. The summed E-state index contributed by atoms with van der Waals surface area (Å²) in [5.41, 5.74) is 0. The standard InChI is InChI=1S/C10H18O4.Y/c1-4-7-5-8(6-9(11)12)14-10(2,3)13-7;/h7-8H,4-6H2,1-3H3,(H,11,12);/t7-,8-;/m1./s1. The predicted octanol–water partition coefficient (Wildman–Crippen LogP) is 1.78. The molecule has 0 unspecified atom stereocenters. The van der Waals surface area contributed by atoms with Crippen LogP contribution in [0.25, 0.3) is 0 Å². The van der Waals surface area contributed by atoms with Crippen LogP contribution < -0.4 is 0 Å². The normalized spacial score (nSPS) is 29.3. The zero-order valence-corrected chi connectivity index (χ0v) is 12.4. The van der Waals surface area contributed by atoms with Gasteiger partial charge < -0.3 is 14.6 Å². The van der Waals surface area contributed by atoms with E-state index in [0.717, 1.165) is 6.42 Å². The molecule has 0 saturated carbocycles. The summed E-state index contributed by atoms with van der Waals surface area (Å²) in [6, 6.07) is 0. The van der Waals surface area contributed by atoms with Gasteiger partial charge in [0.25, 0.3) is 0 Å². The molecule has 2 atom stereocenters. The average molecular weight is 291 g/mol. The molecule has 0 aromatic heterocycles. The maximum Gasteiger partial charge on any atom is 0.305 e. The van der Waals surface area contributed by atoms with Crippen LogP contribution in [0.3, 0.4) is 0 Å². The van der Waals surface area contributed by atoms with Crippen molar-refractivity contribution < 1.29 is 52.1 Å². The molecule has 0 aliphatic carbocycles. The van der Waals surface area contributed by atoms with E-state index >= 15 is 0 Å². The summed E-state index contributed by atoms with van der Waals surface area (Å²) in [4.78, 5) is 10.6. The second-order valence-electron chi connectivity index (χ2n) is 4.12. The van der Waals surface area contributed by atoms with Crippen molar-refractivity contribution in [1.29, 1.82) is 0 Å². The van der Waals surface area contributed by atoms with Crippen molar-refractivity contribution in [2.75, 3.05) is 0 Å². The average Bonchev–Trinajstić information content (AvgIpc) is 1.99. The van der Waals surface area contributed by atoms with Gasteiger partial charge in [0.05, 0.1) is 18.6 Å². The van der Waals surface area contributed by atoms with Crippen LogP contribution >= 0.6 is 0 Å². The van der Waals surface area contributed by atoms with E-state index in [2.05, 4.69) is 0 Å². The Morgan fingerprint density at radius 3 is 2.40 bits per heavy atom. The summed E-state index contributed by atoms with van der Waals surface area (Å²) in [5, 5.41) is 8.67. The smallest absolute Gasteiger partial charge is 0.305 e. The Kier molecular flexibility index (Phi) is 6.49. The molecule has 4 nitrogen and oxygen atoms in total. The number of hydrogen-bond donors (Lipinski definition) is 1. The SMILES string of the molecule is CC[C@@H]1C[C@H](CC(=O)O)OC(C)(C)O1.[Y]. The van der Waals surface area contributed by atoms with Crippen molar-refractivity contribution in [3.63, 3.8) is 0 Å². The molecule has 1 saturated heterocycles.